The number of halogens is 2. The van der Waals surface area contributed by atoms with Gasteiger partial charge in [-0.25, -0.2) is 26.9 Å². The highest BCUT2D eigenvalue weighted by molar-refractivity contribution is 7.89. The van der Waals surface area contributed by atoms with Crippen molar-refractivity contribution in [3.8, 4) is 0 Å². The molecular formula is C10H15F2N3O2S. The molecule has 18 heavy (non-hydrogen) atoms. The van der Waals surface area contributed by atoms with Gasteiger partial charge in [-0.15, -0.1) is 0 Å². The van der Waals surface area contributed by atoms with Gasteiger partial charge in [0.05, 0.1) is 12.2 Å². The quantitative estimate of drug-likeness (QED) is 0.792. The lowest BCUT2D eigenvalue weighted by Gasteiger charge is -2.11. The van der Waals surface area contributed by atoms with Gasteiger partial charge in [0.15, 0.2) is 5.03 Å². The van der Waals surface area contributed by atoms with E-state index in [9.17, 15) is 17.2 Å². The molecule has 0 aliphatic carbocycles. The third kappa shape index (κ3) is 4.19. The van der Waals surface area contributed by atoms with Crippen molar-refractivity contribution < 1.29 is 17.2 Å². The van der Waals surface area contributed by atoms with Crippen LogP contribution in [-0.4, -0.2) is 32.9 Å². The summed E-state index contributed by atoms with van der Waals surface area (Å²) in [7, 11) is -4.02. The molecule has 0 aliphatic rings. The highest BCUT2D eigenvalue weighted by atomic mass is 32.2. The summed E-state index contributed by atoms with van der Waals surface area (Å²) >= 11 is 0. The van der Waals surface area contributed by atoms with Crippen LogP contribution >= 0.6 is 0 Å². The zero-order valence-electron chi connectivity index (χ0n) is 9.86. The molecule has 0 fully saturated rings. The summed E-state index contributed by atoms with van der Waals surface area (Å²) in [6.45, 7) is 1.57. The Morgan fingerprint density at radius 2 is 2.17 bits per heavy atom. The summed E-state index contributed by atoms with van der Waals surface area (Å²) in [5, 5.41) is 2.62. The fraction of sp³-hybridized carbons (Fsp3) is 0.500. The fourth-order valence-corrected chi connectivity index (χ4v) is 2.35. The largest absolute Gasteiger partial charge is 0.383 e. The monoisotopic (exact) mass is 279 g/mol. The average molecular weight is 279 g/mol. The number of nitrogens with zero attached hydrogens (tertiary/aromatic N) is 1. The molecule has 102 valence electrons. The van der Waals surface area contributed by atoms with Crippen LogP contribution in [-0.2, 0) is 10.0 Å². The van der Waals surface area contributed by atoms with Crippen LogP contribution in [0.5, 0.6) is 0 Å². The van der Waals surface area contributed by atoms with Gasteiger partial charge in [0.25, 0.3) is 16.4 Å². The van der Waals surface area contributed by atoms with E-state index in [0.717, 1.165) is 6.42 Å². The molecule has 0 atom stereocenters. The molecule has 1 aromatic rings. The minimum absolute atomic E-state index is 0.265. The third-order valence-electron chi connectivity index (χ3n) is 2.02. The van der Waals surface area contributed by atoms with E-state index in [1.165, 1.54) is 6.20 Å². The second kappa shape index (κ2) is 6.60. The number of alkyl halides is 2. The van der Waals surface area contributed by atoms with Crippen LogP contribution < -0.4 is 10.0 Å². The Balaban J connectivity index is 2.93. The van der Waals surface area contributed by atoms with E-state index >= 15 is 0 Å². The first-order chi connectivity index (χ1) is 8.47. The highest BCUT2D eigenvalue weighted by Crippen LogP contribution is 2.17. The average Bonchev–Trinajstić information content (AvgIpc) is 2.34. The van der Waals surface area contributed by atoms with Crippen LogP contribution in [0, 0.1) is 0 Å². The number of rotatable bonds is 7. The van der Waals surface area contributed by atoms with Crippen LogP contribution in [0.4, 0.5) is 14.5 Å². The van der Waals surface area contributed by atoms with Crippen molar-refractivity contribution in [1.29, 1.82) is 0 Å². The lowest BCUT2D eigenvalue weighted by molar-refractivity contribution is 0.153. The van der Waals surface area contributed by atoms with Gasteiger partial charge in [-0.2, -0.15) is 0 Å². The Morgan fingerprint density at radius 1 is 1.44 bits per heavy atom. The Bertz CT molecular complexity index is 480. The van der Waals surface area contributed by atoms with E-state index < -0.39 is 23.0 Å². The van der Waals surface area contributed by atoms with Crippen LogP contribution in [0.2, 0.25) is 0 Å². The second-order valence-electron chi connectivity index (χ2n) is 3.53. The molecule has 5 nitrogen and oxygen atoms in total. The van der Waals surface area contributed by atoms with Crippen molar-refractivity contribution in [1.82, 2.24) is 9.71 Å². The lowest BCUT2D eigenvalue weighted by atomic mass is 10.4. The number of sulfonamides is 1. The molecule has 0 aromatic carbocycles. The van der Waals surface area contributed by atoms with E-state index in [1.54, 1.807) is 12.1 Å². The second-order valence-corrected chi connectivity index (χ2v) is 5.21. The summed E-state index contributed by atoms with van der Waals surface area (Å²) in [4.78, 5) is 3.72. The third-order valence-corrected chi connectivity index (χ3v) is 3.40. The van der Waals surface area contributed by atoms with Crippen molar-refractivity contribution in [2.45, 2.75) is 24.8 Å². The number of pyridine rings is 1. The molecular weight excluding hydrogens is 264 g/mol. The fourth-order valence-electron chi connectivity index (χ4n) is 1.24. The van der Waals surface area contributed by atoms with Gasteiger partial charge in [0.2, 0.25) is 0 Å². The maximum absolute atomic E-state index is 12.0. The zero-order valence-corrected chi connectivity index (χ0v) is 10.7. The Kier molecular flexibility index (Phi) is 5.42. The molecule has 0 bridgehead atoms. The maximum atomic E-state index is 12.0. The number of aromatic nitrogens is 1. The van der Waals surface area contributed by atoms with Crippen molar-refractivity contribution in [3.63, 3.8) is 0 Å². The molecule has 0 saturated carbocycles. The SMILES string of the molecule is CCCNc1cccnc1S(=O)(=O)NCC(F)F. The molecule has 2 N–H and O–H groups in total. The van der Waals surface area contributed by atoms with Gasteiger partial charge in [0.1, 0.15) is 0 Å². The van der Waals surface area contributed by atoms with Crippen molar-refractivity contribution in [2.24, 2.45) is 0 Å². The van der Waals surface area contributed by atoms with Crippen molar-refractivity contribution >= 4 is 15.7 Å². The molecule has 0 aliphatic heterocycles. The Morgan fingerprint density at radius 3 is 2.78 bits per heavy atom. The minimum atomic E-state index is -4.02. The number of hydrogen-bond acceptors (Lipinski definition) is 4. The van der Waals surface area contributed by atoms with Crippen LogP contribution in [0.25, 0.3) is 0 Å². The van der Waals surface area contributed by atoms with Crippen molar-refractivity contribution in [2.75, 3.05) is 18.4 Å². The smallest absolute Gasteiger partial charge is 0.260 e. The highest BCUT2D eigenvalue weighted by Gasteiger charge is 2.21. The van der Waals surface area contributed by atoms with Gasteiger partial charge in [-0.1, -0.05) is 6.92 Å². The van der Waals surface area contributed by atoms with Gasteiger partial charge >= 0.3 is 0 Å². The van der Waals surface area contributed by atoms with E-state index in [4.69, 9.17) is 0 Å². The molecule has 8 heteroatoms. The molecule has 0 unspecified atom stereocenters. The number of anilines is 1. The van der Waals surface area contributed by atoms with Gasteiger partial charge in [-0.3, -0.25) is 0 Å². The van der Waals surface area contributed by atoms with Crippen LogP contribution in [0.15, 0.2) is 23.4 Å². The molecule has 1 aromatic heterocycles. The van der Waals surface area contributed by atoms with E-state index in [-0.39, 0.29) is 5.03 Å². The predicted octanol–water partition coefficient (Wildman–Crippen LogP) is 1.45. The summed E-state index contributed by atoms with van der Waals surface area (Å²) in [6, 6.07) is 3.11. The first-order valence-corrected chi connectivity index (χ1v) is 6.92. The molecule has 1 rings (SSSR count). The predicted molar refractivity (Wildman–Crippen MR) is 64.2 cm³/mol. The Hall–Kier alpha value is -1.28. The first kappa shape index (κ1) is 14.8. The van der Waals surface area contributed by atoms with E-state index in [0.29, 0.717) is 12.2 Å². The summed E-state index contributed by atoms with van der Waals surface area (Å²) in [5.41, 5.74) is 0.307. The first-order valence-electron chi connectivity index (χ1n) is 5.44. The zero-order chi connectivity index (χ0) is 13.6. The van der Waals surface area contributed by atoms with Gasteiger partial charge in [-0.05, 0) is 18.6 Å². The number of nitrogens with one attached hydrogen (secondary N) is 2. The number of hydrogen-bond donors (Lipinski definition) is 2. The lowest BCUT2D eigenvalue weighted by Crippen LogP contribution is -2.30. The molecule has 1 heterocycles. The molecule has 0 amide bonds. The molecule has 0 saturated heterocycles. The molecule has 0 radical (unpaired) electrons. The van der Waals surface area contributed by atoms with E-state index in [1.807, 2.05) is 11.6 Å². The normalized spacial score (nSPS) is 11.8. The topological polar surface area (TPSA) is 71.1 Å². The van der Waals surface area contributed by atoms with Crippen LogP contribution in [0.3, 0.4) is 0 Å². The molecule has 0 spiro atoms. The van der Waals surface area contributed by atoms with Gasteiger partial charge < -0.3 is 5.32 Å². The summed E-state index contributed by atoms with van der Waals surface area (Å²) < 4.78 is 49.4. The van der Waals surface area contributed by atoms with Crippen molar-refractivity contribution in [3.05, 3.63) is 18.3 Å². The summed E-state index contributed by atoms with van der Waals surface area (Å²) in [5.74, 6) is 0. The standard InChI is InChI=1S/C10H15F2N3O2S/c1-2-5-13-8-4-3-6-14-10(8)18(16,17)15-7-9(11)12/h3-4,6,9,13,15H,2,5,7H2,1H3. The van der Waals surface area contributed by atoms with Crippen LogP contribution in [0.1, 0.15) is 13.3 Å². The maximum Gasteiger partial charge on any atom is 0.260 e. The minimum Gasteiger partial charge on any atom is -0.383 e. The van der Waals surface area contributed by atoms with E-state index in [2.05, 4.69) is 10.3 Å². The Labute approximate surface area is 105 Å². The summed E-state index contributed by atoms with van der Waals surface area (Å²) in [6.07, 6.45) is -0.636. The van der Waals surface area contributed by atoms with Gasteiger partial charge in [0, 0.05) is 12.7 Å².